The molecule has 0 unspecified atom stereocenters. The zero-order valence-corrected chi connectivity index (χ0v) is 10.9. The third kappa shape index (κ3) is 3.09. The summed E-state index contributed by atoms with van der Waals surface area (Å²) < 4.78 is 5.71. The first-order valence-electron chi connectivity index (χ1n) is 6.41. The average molecular weight is 231 g/mol. The lowest BCUT2D eigenvalue weighted by Gasteiger charge is -2.14. The van der Waals surface area contributed by atoms with Gasteiger partial charge in [0.05, 0.1) is 6.04 Å². The van der Waals surface area contributed by atoms with E-state index in [1.54, 1.807) is 0 Å². The van der Waals surface area contributed by atoms with Crippen LogP contribution in [0.4, 0.5) is 0 Å². The fraction of sp³-hybridized carbons (Fsp3) is 0.533. The van der Waals surface area contributed by atoms with Crippen LogP contribution in [-0.2, 0) is 11.2 Å². The molecule has 17 heavy (non-hydrogen) atoms. The molecule has 2 nitrogen and oxygen atoms in total. The van der Waals surface area contributed by atoms with Crippen molar-refractivity contribution in [2.75, 3.05) is 6.61 Å². The highest BCUT2D eigenvalue weighted by atomic mass is 16.5. The molecule has 0 radical (unpaired) electrons. The molecule has 92 valence electrons. The van der Waals surface area contributed by atoms with Gasteiger partial charge in [0.15, 0.2) is 5.90 Å². The van der Waals surface area contributed by atoms with Gasteiger partial charge in [0.1, 0.15) is 6.61 Å². The van der Waals surface area contributed by atoms with Gasteiger partial charge in [-0.1, -0.05) is 51.1 Å². The van der Waals surface area contributed by atoms with E-state index in [2.05, 4.69) is 45.0 Å². The summed E-state index contributed by atoms with van der Waals surface area (Å²) >= 11 is 0. The summed E-state index contributed by atoms with van der Waals surface area (Å²) in [4.78, 5) is 4.70. The predicted octanol–water partition coefficient (Wildman–Crippen LogP) is 3.32. The molecule has 2 rings (SSSR count). The first-order valence-corrected chi connectivity index (χ1v) is 6.41. The number of hydrogen-bond acceptors (Lipinski definition) is 2. The van der Waals surface area contributed by atoms with Gasteiger partial charge in [0, 0.05) is 5.92 Å². The Balaban J connectivity index is 1.97. The maximum Gasteiger partial charge on any atom is 0.186 e. The molecule has 0 fully saturated rings. The number of hydrogen-bond donors (Lipinski definition) is 0. The normalized spacial score (nSPS) is 21.2. The quantitative estimate of drug-likeness (QED) is 0.779. The number of benzene rings is 1. The SMILES string of the molecule is CC(C)[C@H](C)C1=N[C@@H](Cc2ccccc2)CO1. The summed E-state index contributed by atoms with van der Waals surface area (Å²) in [6.45, 7) is 7.35. The highest BCUT2D eigenvalue weighted by molar-refractivity contribution is 5.80. The molecule has 1 aliphatic heterocycles. The van der Waals surface area contributed by atoms with Crippen molar-refractivity contribution in [3.63, 3.8) is 0 Å². The standard InChI is InChI=1S/C15H21NO/c1-11(2)12(3)15-16-14(10-17-15)9-13-7-5-4-6-8-13/h4-8,11-12,14H,9-10H2,1-3H3/t12-,14-/m0/s1. The zero-order chi connectivity index (χ0) is 12.3. The maximum atomic E-state index is 5.71. The molecule has 0 amide bonds. The van der Waals surface area contributed by atoms with Gasteiger partial charge in [-0.2, -0.15) is 0 Å². The second-order valence-corrected chi connectivity index (χ2v) is 5.15. The third-order valence-electron chi connectivity index (χ3n) is 3.44. The lowest BCUT2D eigenvalue weighted by molar-refractivity contribution is 0.288. The zero-order valence-electron chi connectivity index (χ0n) is 10.9. The van der Waals surface area contributed by atoms with Crippen LogP contribution >= 0.6 is 0 Å². The Morgan fingerprint density at radius 3 is 2.59 bits per heavy atom. The van der Waals surface area contributed by atoms with Gasteiger partial charge in [0.2, 0.25) is 0 Å². The maximum absolute atomic E-state index is 5.71. The van der Waals surface area contributed by atoms with E-state index in [0.29, 0.717) is 17.9 Å². The van der Waals surface area contributed by atoms with Crippen molar-refractivity contribution in [2.45, 2.75) is 33.2 Å². The van der Waals surface area contributed by atoms with Crippen LogP contribution < -0.4 is 0 Å². The van der Waals surface area contributed by atoms with Crippen LogP contribution in [0.5, 0.6) is 0 Å². The fourth-order valence-electron chi connectivity index (χ4n) is 1.96. The molecule has 0 spiro atoms. The number of rotatable bonds is 4. The molecule has 1 heterocycles. The monoisotopic (exact) mass is 231 g/mol. The van der Waals surface area contributed by atoms with Gasteiger partial charge in [-0.25, -0.2) is 4.99 Å². The van der Waals surface area contributed by atoms with Crippen molar-refractivity contribution in [3.05, 3.63) is 35.9 Å². The number of aliphatic imine (C=N–C) groups is 1. The smallest absolute Gasteiger partial charge is 0.186 e. The molecule has 0 saturated carbocycles. The Morgan fingerprint density at radius 2 is 1.94 bits per heavy atom. The van der Waals surface area contributed by atoms with Gasteiger partial charge >= 0.3 is 0 Å². The molecular formula is C15H21NO. The predicted molar refractivity (Wildman–Crippen MR) is 71.3 cm³/mol. The van der Waals surface area contributed by atoms with Crippen LogP contribution in [0.15, 0.2) is 35.3 Å². The Hall–Kier alpha value is -1.31. The van der Waals surface area contributed by atoms with E-state index in [-0.39, 0.29) is 0 Å². The van der Waals surface area contributed by atoms with Crippen LogP contribution in [0.1, 0.15) is 26.3 Å². The van der Waals surface area contributed by atoms with E-state index in [1.165, 1.54) is 5.56 Å². The van der Waals surface area contributed by atoms with E-state index < -0.39 is 0 Å². The summed E-state index contributed by atoms with van der Waals surface area (Å²) in [5.74, 6) is 1.96. The van der Waals surface area contributed by atoms with E-state index in [1.807, 2.05) is 6.07 Å². The van der Waals surface area contributed by atoms with Crippen LogP contribution in [-0.4, -0.2) is 18.5 Å². The molecule has 0 N–H and O–H groups in total. The van der Waals surface area contributed by atoms with Gasteiger partial charge in [-0.15, -0.1) is 0 Å². The topological polar surface area (TPSA) is 21.6 Å². The second-order valence-electron chi connectivity index (χ2n) is 5.15. The lowest BCUT2D eigenvalue weighted by atomic mass is 9.98. The van der Waals surface area contributed by atoms with Gasteiger partial charge in [-0.05, 0) is 17.9 Å². The second kappa shape index (κ2) is 5.35. The van der Waals surface area contributed by atoms with E-state index in [0.717, 1.165) is 18.9 Å². The molecule has 1 aromatic rings. The van der Waals surface area contributed by atoms with E-state index in [4.69, 9.17) is 9.73 Å². The van der Waals surface area contributed by atoms with Crippen molar-refractivity contribution in [2.24, 2.45) is 16.8 Å². The molecule has 2 heteroatoms. The lowest BCUT2D eigenvalue weighted by Crippen LogP contribution is -2.16. The van der Waals surface area contributed by atoms with E-state index in [9.17, 15) is 0 Å². The van der Waals surface area contributed by atoms with Gasteiger partial charge < -0.3 is 4.74 Å². The third-order valence-corrected chi connectivity index (χ3v) is 3.44. The summed E-state index contributed by atoms with van der Waals surface area (Å²) in [7, 11) is 0. The first-order chi connectivity index (χ1) is 8.16. The molecular weight excluding hydrogens is 210 g/mol. The Bertz CT molecular complexity index is 383. The number of ether oxygens (including phenoxy) is 1. The molecule has 1 aromatic carbocycles. The van der Waals surface area contributed by atoms with Crippen LogP contribution in [0, 0.1) is 11.8 Å². The Kier molecular flexibility index (Phi) is 3.82. The highest BCUT2D eigenvalue weighted by Crippen LogP contribution is 2.20. The highest BCUT2D eigenvalue weighted by Gasteiger charge is 2.24. The van der Waals surface area contributed by atoms with Gasteiger partial charge in [0.25, 0.3) is 0 Å². The van der Waals surface area contributed by atoms with Crippen LogP contribution in [0.2, 0.25) is 0 Å². The molecule has 1 aliphatic rings. The largest absolute Gasteiger partial charge is 0.478 e. The Labute approximate surface area is 104 Å². The van der Waals surface area contributed by atoms with E-state index >= 15 is 0 Å². The minimum Gasteiger partial charge on any atom is -0.478 e. The van der Waals surface area contributed by atoms with Crippen molar-refractivity contribution in [1.82, 2.24) is 0 Å². The minimum absolute atomic E-state index is 0.300. The molecule has 0 aromatic heterocycles. The molecule has 0 saturated heterocycles. The fourth-order valence-corrected chi connectivity index (χ4v) is 1.96. The summed E-state index contributed by atoms with van der Waals surface area (Å²) in [5.41, 5.74) is 1.34. The van der Waals surface area contributed by atoms with Crippen molar-refractivity contribution in [1.29, 1.82) is 0 Å². The average Bonchev–Trinajstić information content (AvgIpc) is 2.77. The number of nitrogens with zero attached hydrogens (tertiary/aromatic N) is 1. The molecule has 0 aliphatic carbocycles. The summed E-state index contributed by atoms with van der Waals surface area (Å²) in [6, 6.07) is 10.8. The minimum atomic E-state index is 0.300. The summed E-state index contributed by atoms with van der Waals surface area (Å²) in [5, 5.41) is 0. The summed E-state index contributed by atoms with van der Waals surface area (Å²) in [6.07, 6.45) is 0.981. The van der Waals surface area contributed by atoms with Crippen LogP contribution in [0.3, 0.4) is 0 Å². The van der Waals surface area contributed by atoms with Crippen molar-refractivity contribution < 1.29 is 4.74 Å². The molecule has 2 atom stereocenters. The molecule has 0 bridgehead atoms. The van der Waals surface area contributed by atoms with Crippen LogP contribution in [0.25, 0.3) is 0 Å². The Morgan fingerprint density at radius 1 is 1.24 bits per heavy atom. The van der Waals surface area contributed by atoms with Gasteiger partial charge in [-0.3, -0.25) is 0 Å². The van der Waals surface area contributed by atoms with Crippen molar-refractivity contribution in [3.8, 4) is 0 Å². The van der Waals surface area contributed by atoms with Crippen molar-refractivity contribution >= 4 is 5.90 Å². The first kappa shape index (κ1) is 12.2.